The van der Waals surface area contributed by atoms with Crippen LogP contribution in [0, 0.1) is 6.92 Å². The Morgan fingerprint density at radius 3 is 2.76 bits per heavy atom. The summed E-state index contributed by atoms with van der Waals surface area (Å²) in [6.07, 6.45) is 4.04. The molecule has 2 rings (SSSR count). The fourth-order valence-electron chi connectivity index (χ4n) is 2.24. The minimum Gasteiger partial charge on any atom is -0.383 e. The second-order valence-electron chi connectivity index (χ2n) is 4.35. The van der Waals surface area contributed by atoms with E-state index in [0.717, 1.165) is 43.9 Å². The molecule has 5 heteroatoms. The third kappa shape index (κ3) is 2.66. The molecule has 1 fully saturated rings. The summed E-state index contributed by atoms with van der Waals surface area (Å²) in [4.78, 5) is 10.6. The van der Waals surface area contributed by atoms with Crippen molar-refractivity contribution in [1.29, 1.82) is 0 Å². The summed E-state index contributed by atoms with van der Waals surface area (Å²) >= 11 is 0. The first-order valence-corrected chi connectivity index (χ1v) is 6.16. The van der Waals surface area contributed by atoms with Gasteiger partial charge in [-0.15, -0.1) is 0 Å². The molecule has 1 saturated heterocycles. The van der Waals surface area contributed by atoms with Crippen LogP contribution in [0.25, 0.3) is 0 Å². The van der Waals surface area contributed by atoms with Crippen molar-refractivity contribution in [3.63, 3.8) is 0 Å². The molecule has 0 spiro atoms. The molecule has 0 aromatic carbocycles. The Morgan fingerprint density at radius 1 is 1.41 bits per heavy atom. The molecule has 0 unspecified atom stereocenters. The standard InChI is InChI=1S/C12H20N4O/c1-3-17-10-4-6-16(7-5-10)12-9(2)11(13)14-8-15-12/h8,10H,3-7H2,1-2H3,(H2,13,14,15). The van der Waals surface area contributed by atoms with Gasteiger partial charge >= 0.3 is 0 Å². The van der Waals surface area contributed by atoms with Crippen LogP contribution < -0.4 is 10.6 Å². The van der Waals surface area contributed by atoms with Crippen molar-refractivity contribution >= 4 is 11.6 Å². The van der Waals surface area contributed by atoms with Crippen LogP contribution in [0.3, 0.4) is 0 Å². The fourth-order valence-corrected chi connectivity index (χ4v) is 2.24. The topological polar surface area (TPSA) is 64.3 Å². The molecule has 1 aliphatic heterocycles. The van der Waals surface area contributed by atoms with E-state index in [1.165, 1.54) is 6.33 Å². The van der Waals surface area contributed by atoms with E-state index in [9.17, 15) is 0 Å². The predicted molar refractivity (Wildman–Crippen MR) is 68.0 cm³/mol. The first-order valence-electron chi connectivity index (χ1n) is 6.16. The van der Waals surface area contributed by atoms with Crippen molar-refractivity contribution in [3.05, 3.63) is 11.9 Å². The number of nitrogen functional groups attached to an aromatic ring is 1. The first kappa shape index (κ1) is 12.1. The molecule has 0 amide bonds. The Morgan fingerprint density at radius 2 is 2.12 bits per heavy atom. The second-order valence-corrected chi connectivity index (χ2v) is 4.35. The Hall–Kier alpha value is -1.36. The van der Waals surface area contributed by atoms with Gasteiger partial charge in [0.2, 0.25) is 0 Å². The zero-order valence-electron chi connectivity index (χ0n) is 10.5. The van der Waals surface area contributed by atoms with Crippen molar-refractivity contribution in [2.45, 2.75) is 32.8 Å². The molecule has 2 N–H and O–H groups in total. The SMILES string of the molecule is CCOC1CCN(c2ncnc(N)c2C)CC1. The number of ether oxygens (including phenoxy) is 1. The average molecular weight is 236 g/mol. The molecule has 1 aromatic heterocycles. The summed E-state index contributed by atoms with van der Waals surface area (Å²) in [6, 6.07) is 0. The molecule has 94 valence electrons. The van der Waals surface area contributed by atoms with E-state index in [-0.39, 0.29) is 0 Å². The van der Waals surface area contributed by atoms with E-state index in [4.69, 9.17) is 10.5 Å². The van der Waals surface area contributed by atoms with Gasteiger partial charge in [0.25, 0.3) is 0 Å². The molecule has 0 bridgehead atoms. The van der Waals surface area contributed by atoms with Crippen molar-refractivity contribution in [2.24, 2.45) is 0 Å². The normalized spacial score (nSPS) is 17.4. The Bertz CT molecular complexity index is 375. The van der Waals surface area contributed by atoms with Gasteiger partial charge in [0, 0.05) is 25.3 Å². The third-order valence-corrected chi connectivity index (χ3v) is 3.24. The van der Waals surface area contributed by atoms with Gasteiger partial charge in [-0.2, -0.15) is 0 Å². The van der Waals surface area contributed by atoms with Gasteiger partial charge in [0.05, 0.1) is 6.10 Å². The first-order chi connectivity index (χ1) is 8.22. The fraction of sp³-hybridized carbons (Fsp3) is 0.667. The third-order valence-electron chi connectivity index (χ3n) is 3.24. The second kappa shape index (κ2) is 5.31. The van der Waals surface area contributed by atoms with E-state index >= 15 is 0 Å². The Kier molecular flexibility index (Phi) is 3.78. The highest BCUT2D eigenvalue weighted by molar-refractivity contribution is 5.55. The summed E-state index contributed by atoms with van der Waals surface area (Å²) in [5, 5.41) is 0. The van der Waals surface area contributed by atoms with Crippen LogP contribution in [-0.2, 0) is 4.74 Å². The molecular weight excluding hydrogens is 216 g/mol. The molecular formula is C12H20N4O. The van der Waals surface area contributed by atoms with E-state index in [1.807, 2.05) is 13.8 Å². The van der Waals surface area contributed by atoms with E-state index < -0.39 is 0 Å². The number of piperidine rings is 1. The molecule has 1 aliphatic rings. The van der Waals surface area contributed by atoms with E-state index in [0.29, 0.717) is 11.9 Å². The molecule has 17 heavy (non-hydrogen) atoms. The van der Waals surface area contributed by atoms with E-state index in [1.54, 1.807) is 0 Å². The number of rotatable bonds is 3. The highest BCUT2D eigenvalue weighted by Gasteiger charge is 2.21. The molecule has 0 radical (unpaired) electrons. The average Bonchev–Trinajstić information content (AvgIpc) is 2.34. The quantitative estimate of drug-likeness (QED) is 0.858. The number of aromatic nitrogens is 2. The number of anilines is 2. The van der Waals surface area contributed by atoms with Gasteiger partial charge < -0.3 is 15.4 Å². The van der Waals surface area contributed by atoms with Gasteiger partial charge in [0.1, 0.15) is 18.0 Å². The number of hydrogen-bond donors (Lipinski definition) is 1. The summed E-state index contributed by atoms with van der Waals surface area (Å²) in [7, 11) is 0. The molecule has 0 atom stereocenters. The van der Waals surface area contributed by atoms with Gasteiger partial charge in [0.15, 0.2) is 0 Å². The van der Waals surface area contributed by atoms with Crippen molar-refractivity contribution in [1.82, 2.24) is 9.97 Å². The zero-order chi connectivity index (χ0) is 12.3. The predicted octanol–water partition coefficient (Wildman–Crippen LogP) is 1.37. The summed E-state index contributed by atoms with van der Waals surface area (Å²) < 4.78 is 5.64. The lowest BCUT2D eigenvalue weighted by Crippen LogP contribution is -2.38. The molecule has 5 nitrogen and oxygen atoms in total. The summed E-state index contributed by atoms with van der Waals surface area (Å²) in [5.41, 5.74) is 6.77. The largest absolute Gasteiger partial charge is 0.383 e. The minimum atomic E-state index is 0.399. The van der Waals surface area contributed by atoms with Crippen LogP contribution in [0.5, 0.6) is 0 Å². The van der Waals surface area contributed by atoms with Crippen molar-refractivity contribution in [3.8, 4) is 0 Å². The molecule has 1 aromatic rings. The summed E-state index contributed by atoms with van der Waals surface area (Å²) in [5.74, 6) is 1.54. The lowest BCUT2D eigenvalue weighted by molar-refractivity contribution is 0.0458. The maximum atomic E-state index is 5.80. The molecule has 2 heterocycles. The lowest BCUT2D eigenvalue weighted by atomic mass is 10.1. The van der Waals surface area contributed by atoms with Gasteiger partial charge in [-0.25, -0.2) is 9.97 Å². The van der Waals surface area contributed by atoms with Gasteiger partial charge in [-0.3, -0.25) is 0 Å². The number of nitrogens with two attached hydrogens (primary N) is 1. The van der Waals surface area contributed by atoms with Crippen molar-refractivity contribution in [2.75, 3.05) is 30.3 Å². The molecule has 0 aliphatic carbocycles. The molecule has 0 saturated carbocycles. The Balaban J connectivity index is 2.03. The van der Waals surface area contributed by atoms with Crippen LogP contribution in [0.4, 0.5) is 11.6 Å². The van der Waals surface area contributed by atoms with Crippen LogP contribution in [0.2, 0.25) is 0 Å². The van der Waals surface area contributed by atoms with E-state index in [2.05, 4.69) is 14.9 Å². The van der Waals surface area contributed by atoms with Gasteiger partial charge in [-0.05, 0) is 26.7 Å². The summed E-state index contributed by atoms with van der Waals surface area (Å²) in [6.45, 7) is 6.76. The maximum Gasteiger partial charge on any atom is 0.137 e. The smallest absolute Gasteiger partial charge is 0.137 e. The highest BCUT2D eigenvalue weighted by Crippen LogP contribution is 2.24. The van der Waals surface area contributed by atoms with Gasteiger partial charge in [-0.1, -0.05) is 0 Å². The Labute approximate surface area is 102 Å². The zero-order valence-corrected chi connectivity index (χ0v) is 10.5. The highest BCUT2D eigenvalue weighted by atomic mass is 16.5. The van der Waals surface area contributed by atoms with Crippen molar-refractivity contribution < 1.29 is 4.74 Å². The monoisotopic (exact) mass is 236 g/mol. The number of nitrogens with zero attached hydrogens (tertiary/aromatic N) is 3. The van der Waals surface area contributed by atoms with Crippen LogP contribution in [0.15, 0.2) is 6.33 Å². The van der Waals surface area contributed by atoms with Crippen LogP contribution in [0.1, 0.15) is 25.3 Å². The maximum absolute atomic E-state index is 5.80. The lowest BCUT2D eigenvalue weighted by Gasteiger charge is -2.33. The van der Waals surface area contributed by atoms with Crippen LogP contribution in [-0.4, -0.2) is 35.8 Å². The number of hydrogen-bond acceptors (Lipinski definition) is 5. The van der Waals surface area contributed by atoms with Crippen LogP contribution >= 0.6 is 0 Å². The minimum absolute atomic E-state index is 0.399.